The third kappa shape index (κ3) is 1.43. The molecule has 1 heteroatoms. The summed E-state index contributed by atoms with van der Waals surface area (Å²) < 4.78 is 1.42. The molecule has 0 atom stereocenters. The molecule has 0 saturated heterocycles. The van der Waals surface area contributed by atoms with Crippen LogP contribution in [0.4, 0.5) is 0 Å². The molecule has 0 unspecified atom stereocenters. The second kappa shape index (κ2) is 2.66. The van der Waals surface area contributed by atoms with Crippen LogP contribution in [0.3, 0.4) is 0 Å². The molecule has 0 amide bonds. The standard InChI is InChI=1S/C8H9.Mo/c1-7-4-3-5-8(2)6-7;/h3-5H,1-2H3;. The summed E-state index contributed by atoms with van der Waals surface area (Å²) >= 11 is 2.09. The van der Waals surface area contributed by atoms with Crippen molar-refractivity contribution in [3.8, 4) is 0 Å². The summed E-state index contributed by atoms with van der Waals surface area (Å²) in [7, 11) is 0. The van der Waals surface area contributed by atoms with Gasteiger partial charge < -0.3 is 0 Å². The van der Waals surface area contributed by atoms with Crippen LogP contribution < -0.4 is 3.95 Å². The summed E-state index contributed by atoms with van der Waals surface area (Å²) in [5, 5.41) is 0. The van der Waals surface area contributed by atoms with Gasteiger partial charge in [-0.15, -0.1) is 0 Å². The Morgan fingerprint density at radius 3 is 1.89 bits per heavy atom. The van der Waals surface area contributed by atoms with E-state index in [1.807, 2.05) is 0 Å². The molecule has 1 aromatic rings. The van der Waals surface area contributed by atoms with Crippen LogP contribution in [0.5, 0.6) is 0 Å². The number of hydrogen-bond donors (Lipinski definition) is 0. The average Bonchev–Trinajstić information content (AvgIpc) is 1.83. The van der Waals surface area contributed by atoms with Crippen LogP contribution in [0.2, 0.25) is 0 Å². The van der Waals surface area contributed by atoms with Crippen LogP contribution in [-0.2, 0) is 19.8 Å². The average molecular weight is 201 g/mol. The van der Waals surface area contributed by atoms with E-state index in [1.165, 1.54) is 15.1 Å². The van der Waals surface area contributed by atoms with Crippen molar-refractivity contribution in [3.05, 3.63) is 29.3 Å². The first kappa shape index (κ1) is 7.02. The molecule has 47 valence electrons. The Balaban J connectivity index is 3.25. The van der Waals surface area contributed by atoms with Gasteiger partial charge in [0.05, 0.1) is 0 Å². The van der Waals surface area contributed by atoms with E-state index in [4.69, 9.17) is 0 Å². The summed E-state index contributed by atoms with van der Waals surface area (Å²) in [4.78, 5) is 0. The quantitative estimate of drug-likeness (QED) is 0.557. The zero-order valence-electron chi connectivity index (χ0n) is 5.64. The number of benzene rings is 1. The number of hydrogen-bond acceptors (Lipinski definition) is 0. The fraction of sp³-hybridized carbons (Fsp3) is 0.250. The van der Waals surface area contributed by atoms with E-state index in [-0.39, 0.29) is 0 Å². The van der Waals surface area contributed by atoms with E-state index in [0.717, 1.165) is 0 Å². The third-order valence-electron chi connectivity index (χ3n) is 1.41. The van der Waals surface area contributed by atoms with Crippen molar-refractivity contribution >= 4 is 3.95 Å². The summed E-state index contributed by atoms with van der Waals surface area (Å²) in [5.74, 6) is 0. The van der Waals surface area contributed by atoms with Crippen molar-refractivity contribution in [2.24, 2.45) is 0 Å². The van der Waals surface area contributed by atoms with E-state index in [2.05, 4.69) is 51.9 Å². The van der Waals surface area contributed by atoms with Crippen LogP contribution in [0, 0.1) is 13.8 Å². The molecule has 0 spiro atoms. The van der Waals surface area contributed by atoms with Gasteiger partial charge in [-0.2, -0.15) is 0 Å². The summed E-state index contributed by atoms with van der Waals surface area (Å²) in [6, 6.07) is 6.38. The third-order valence-corrected chi connectivity index (χ3v) is 2.99. The Bertz CT molecular complexity index is 196. The summed E-state index contributed by atoms with van der Waals surface area (Å²) in [6.45, 7) is 4.29. The molecule has 0 aliphatic rings. The normalized spacial score (nSPS) is 9.56. The Kier molecular flexibility index (Phi) is 2.08. The minimum absolute atomic E-state index is 1.39. The predicted molar refractivity (Wildman–Crippen MR) is 35.5 cm³/mol. The van der Waals surface area contributed by atoms with Crippen LogP contribution in [0.15, 0.2) is 18.2 Å². The SMILES string of the molecule is Cc1cccc(C)[c]1[Mo]. The molecule has 0 N–H and O–H groups in total. The van der Waals surface area contributed by atoms with Crippen molar-refractivity contribution in [2.45, 2.75) is 13.8 Å². The molecule has 0 fully saturated rings. The van der Waals surface area contributed by atoms with Crippen molar-refractivity contribution in [1.29, 1.82) is 0 Å². The van der Waals surface area contributed by atoms with Crippen molar-refractivity contribution < 1.29 is 19.8 Å². The molecule has 0 aliphatic carbocycles. The summed E-state index contributed by atoms with van der Waals surface area (Å²) in [6.07, 6.45) is 0. The maximum absolute atomic E-state index is 2.14. The van der Waals surface area contributed by atoms with Gasteiger partial charge in [0.2, 0.25) is 0 Å². The van der Waals surface area contributed by atoms with Gasteiger partial charge >= 0.3 is 66.9 Å². The first-order chi connectivity index (χ1) is 4.22. The van der Waals surface area contributed by atoms with Gasteiger partial charge in [0, 0.05) is 0 Å². The van der Waals surface area contributed by atoms with E-state index in [9.17, 15) is 0 Å². The Labute approximate surface area is 67.2 Å². The second-order valence-corrected chi connectivity index (χ2v) is 3.22. The molecule has 9 heavy (non-hydrogen) atoms. The van der Waals surface area contributed by atoms with E-state index in [1.54, 1.807) is 0 Å². The monoisotopic (exact) mass is 203 g/mol. The Morgan fingerprint density at radius 2 is 1.56 bits per heavy atom. The molecule has 0 bridgehead atoms. The summed E-state index contributed by atoms with van der Waals surface area (Å²) in [5.41, 5.74) is 2.78. The Hall–Kier alpha value is -0.0917. The number of rotatable bonds is 0. The molecule has 0 saturated carbocycles. The second-order valence-electron chi connectivity index (χ2n) is 2.22. The van der Waals surface area contributed by atoms with Crippen molar-refractivity contribution in [3.63, 3.8) is 0 Å². The maximum atomic E-state index is 2.14. The molecular formula is C8H9Mo. The fourth-order valence-electron chi connectivity index (χ4n) is 0.799. The van der Waals surface area contributed by atoms with Crippen LogP contribution in [0.1, 0.15) is 11.1 Å². The molecule has 0 aliphatic heterocycles. The topological polar surface area (TPSA) is 0 Å². The van der Waals surface area contributed by atoms with E-state index < -0.39 is 0 Å². The van der Waals surface area contributed by atoms with Gasteiger partial charge in [-0.05, 0) is 0 Å². The molecule has 0 aromatic heterocycles. The van der Waals surface area contributed by atoms with Crippen LogP contribution in [0.25, 0.3) is 0 Å². The van der Waals surface area contributed by atoms with Crippen LogP contribution in [-0.4, -0.2) is 0 Å². The Morgan fingerprint density at radius 1 is 1.11 bits per heavy atom. The molecule has 0 radical (unpaired) electrons. The first-order valence-electron chi connectivity index (χ1n) is 2.95. The molecule has 0 nitrogen and oxygen atoms in total. The first-order valence-corrected chi connectivity index (χ1v) is 3.95. The van der Waals surface area contributed by atoms with E-state index >= 15 is 0 Å². The van der Waals surface area contributed by atoms with Gasteiger partial charge in [-0.3, -0.25) is 0 Å². The van der Waals surface area contributed by atoms with Gasteiger partial charge in [0.25, 0.3) is 0 Å². The zero-order chi connectivity index (χ0) is 6.85. The van der Waals surface area contributed by atoms with Crippen LogP contribution >= 0.6 is 0 Å². The number of aryl methyl sites for hydroxylation is 2. The van der Waals surface area contributed by atoms with E-state index in [0.29, 0.717) is 0 Å². The predicted octanol–water partition coefficient (Wildman–Crippen LogP) is 1.48. The molecular weight excluding hydrogens is 192 g/mol. The van der Waals surface area contributed by atoms with Crippen molar-refractivity contribution in [1.82, 2.24) is 0 Å². The molecule has 1 rings (SSSR count). The van der Waals surface area contributed by atoms with Gasteiger partial charge in [-0.1, -0.05) is 0 Å². The van der Waals surface area contributed by atoms with Gasteiger partial charge in [0.1, 0.15) is 0 Å². The fourth-order valence-corrected chi connectivity index (χ4v) is 1.13. The van der Waals surface area contributed by atoms with Gasteiger partial charge in [-0.25, -0.2) is 0 Å². The minimum atomic E-state index is 1.39. The van der Waals surface area contributed by atoms with Crippen molar-refractivity contribution in [2.75, 3.05) is 0 Å². The molecule has 0 heterocycles. The molecule has 1 aromatic carbocycles. The van der Waals surface area contributed by atoms with Gasteiger partial charge in [0.15, 0.2) is 0 Å². The zero-order valence-corrected chi connectivity index (χ0v) is 7.65.